The molecule has 4 aromatic rings. The fourth-order valence-corrected chi connectivity index (χ4v) is 11.2. The zero-order chi connectivity index (χ0) is 45.9. The molecule has 6 N–H and O–H groups in total. The van der Waals surface area contributed by atoms with Gasteiger partial charge in [0.1, 0.15) is 23.1 Å². The second-order valence-electron chi connectivity index (χ2n) is 14.9. The Hall–Kier alpha value is -3.14. The van der Waals surface area contributed by atoms with Crippen molar-refractivity contribution in [1.29, 1.82) is 0 Å². The molecule has 6 rings (SSSR count). The topological polar surface area (TPSA) is 192 Å². The molecular weight excluding hydrogens is 1100 g/mol. The monoisotopic (exact) mass is 1140 g/mol. The number of hydrogen-bond donors (Lipinski definition) is 6. The van der Waals surface area contributed by atoms with Gasteiger partial charge in [0.15, 0.2) is 23.3 Å². The number of sulfonamides is 2. The Morgan fingerprint density at radius 3 is 1.23 bits per heavy atom. The van der Waals surface area contributed by atoms with Crippen molar-refractivity contribution >= 4 is 76.6 Å². The van der Waals surface area contributed by atoms with Crippen LogP contribution in [0.4, 0.5) is 37.7 Å². The van der Waals surface area contributed by atoms with Crippen molar-refractivity contribution in [3.05, 3.63) is 113 Å². The van der Waals surface area contributed by atoms with Gasteiger partial charge in [-0.3, -0.25) is 9.44 Å². The SMILES string of the molecule is COc1cc(F)c(F)c(Cc2ccc(I)cc2F)c1NS(=O)(=O)C1(C[C@@H](O)CO)CC1.COc1cc(F)c(F)c(Cc2ccc(I)cc2F)c1NS(=O)(=O)C1(C[C@H](O)CO)CC1. The van der Waals surface area contributed by atoms with Gasteiger partial charge in [0.2, 0.25) is 20.0 Å². The van der Waals surface area contributed by atoms with E-state index in [1.807, 2.05) is 45.2 Å². The Labute approximate surface area is 381 Å². The van der Waals surface area contributed by atoms with Crippen LogP contribution >= 0.6 is 45.2 Å². The van der Waals surface area contributed by atoms with Crippen molar-refractivity contribution in [2.24, 2.45) is 0 Å². The fraction of sp³-hybridized carbons (Fsp3) is 0.400. The van der Waals surface area contributed by atoms with Gasteiger partial charge >= 0.3 is 0 Å². The van der Waals surface area contributed by atoms with Crippen LogP contribution in [0.5, 0.6) is 11.5 Å². The molecule has 2 aliphatic carbocycles. The van der Waals surface area contributed by atoms with Gasteiger partial charge < -0.3 is 29.9 Å². The Balaban J connectivity index is 0.000000234. The summed E-state index contributed by atoms with van der Waals surface area (Å²) < 4.78 is 152. The van der Waals surface area contributed by atoms with E-state index >= 15 is 0 Å². The molecule has 0 aliphatic heterocycles. The van der Waals surface area contributed by atoms with E-state index in [2.05, 4.69) is 9.44 Å². The predicted molar refractivity (Wildman–Crippen MR) is 234 cm³/mol. The maximum Gasteiger partial charge on any atom is 0.238 e. The number of rotatable bonds is 18. The van der Waals surface area contributed by atoms with E-state index in [0.717, 1.165) is 0 Å². The molecule has 0 spiro atoms. The average Bonchev–Trinajstić information content (AvgIpc) is 4.16. The van der Waals surface area contributed by atoms with Gasteiger partial charge in [0, 0.05) is 43.2 Å². The van der Waals surface area contributed by atoms with Gasteiger partial charge in [-0.1, -0.05) is 12.1 Å². The van der Waals surface area contributed by atoms with Gasteiger partial charge in [0.25, 0.3) is 0 Å². The van der Waals surface area contributed by atoms with Crippen LogP contribution in [-0.2, 0) is 32.9 Å². The third-order valence-electron chi connectivity index (χ3n) is 10.6. The van der Waals surface area contributed by atoms with E-state index in [1.165, 1.54) is 38.5 Å². The Morgan fingerprint density at radius 1 is 0.613 bits per heavy atom. The molecule has 2 aliphatic rings. The van der Waals surface area contributed by atoms with Crippen molar-refractivity contribution in [2.75, 3.05) is 36.9 Å². The van der Waals surface area contributed by atoms with Gasteiger partial charge in [-0.15, -0.1) is 0 Å². The van der Waals surface area contributed by atoms with Gasteiger partial charge in [-0.2, -0.15) is 0 Å². The highest BCUT2D eigenvalue weighted by Gasteiger charge is 2.57. The third-order valence-corrected chi connectivity index (χ3v) is 16.3. The first-order chi connectivity index (χ1) is 29.1. The minimum atomic E-state index is -4.19. The summed E-state index contributed by atoms with van der Waals surface area (Å²) in [5, 5.41) is 37.6. The van der Waals surface area contributed by atoms with E-state index in [4.69, 9.17) is 19.7 Å². The van der Waals surface area contributed by atoms with Crippen LogP contribution in [0.25, 0.3) is 0 Å². The first-order valence-corrected chi connectivity index (χ1v) is 23.8. The van der Waals surface area contributed by atoms with E-state index in [-0.39, 0.29) is 72.5 Å². The fourth-order valence-electron chi connectivity index (χ4n) is 6.81. The quantitative estimate of drug-likeness (QED) is 0.0465. The number of aliphatic hydroxyl groups is 4. The zero-order valence-corrected chi connectivity index (χ0v) is 38.9. The molecule has 0 bridgehead atoms. The van der Waals surface area contributed by atoms with Gasteiger partial charge in [0.05, 0.1) is 60.5 Å². The summed E-state index contributed by atoms with van der Waals surface area (Å²) >= 11 is 3.81. The second kappa shape index (κ2) is 19.9. The number of hydrogen-bond acceptors (Lipinski definition) is 10. The molecule has 0 aromatic heterocycles. The molecule has 22 heteroatoms. The first kappa shape index (κ1) is 49.9. The number of halogens is 8. The molecule has 0 unspecified atom stereocenters. The lowest BCUT2D eigenvalue weighted by Gasteiger charge is -2.23. The molecule has 2 atom stereocenters. The summed E-state index contributed by atoms with van der Waals surface area (Å²) in [6.45, 7) is -1.22. The molecule has 0 heterocycles. The standard InChI is InChI=1S/2C20H21F3INO5S/c2*1-30-17-8-16(22)18(23)14(6-11-2-3-12(24)7-15(11)21)19(17)25-31(28,29)20(4-5-20)9-13(27)10-26/h2*2-3,7-8,13,25-27H,4-6,9-10H2,1H3/t2*13-/m10/s1. The van der Waals surface area contributed by atoms with Crippen molar-refractivity contribution in [2.45, 2.75) is 73.1 Å². The molecule has 62 heavy (non-hydrogen) atoms. The zero-order valence-electron chi connectivity index (χ0n) is 32.9. The lowest BCUT2D eigenvalue weighted by molar-refractivity contribution is 0.0858. The molecule has 0 amide bonds. The summed E-state index contributed by atoms with van der Waals surface area (Å²) in [6.07, 6.45) is -2.85. The highest BCUT2D eigenvalue weighted by molar-refractivity contribution is 14.1. The average molecular weight is 1140 g/mol. The first-order valence-electron chi connectivity index (χ1n) is 18.7. The van der Waals surface area contributed by atoms with Crippen molar-refractivity contribution in [3.63, 3.8) is 0 Å². The Kier molecular flexibility index (Phi) is 16.0. The number of aliphatic hydroxyl groups excluding tert-OH is 4. The van der Waals surface area contributed by atoms with Crippen LogP contribution in [0.1, 0.15) is 60.8 Å². The summed E-state index contributed by atoms with van der Waals surface area (Å²) in [4.78, 5) is 0. The van der Waals surface area contributed by atoms with E-state index in [0.29, 0.717) is 19.3 Å². The van der Waals surface area contributed by atoms with Crippen molar-refractivity contribution < 1.29 is 73.1 Å². The normalized spacial score (nSPS) is 16.1. The highest BCUT2D eigenvalue weighted by Crippen LogP contribution is 2.50. The lowest BCUT2D eigenvalue weighted by atomic mass is 10.0. The summed E-state index contributed by atoms with van der Waals surface area (Å²) in [5.74, 6) is -6.99. The summed E-state index contributed by atoms with van der Waals surface area (Å²) in [5.41, 5.74) is -1.38. The van der Waals surface area contributed by atoms with Crippen LogP contribution in [0.3, 0.4) is 0 Å². The molecule has 2 saturated carbocycles. The van der Waals surface area contributed by atoms with Gasteiger partial charge in [-0.05, 0) is 119 Å². The largest absolute Gasteiger partial charge is 0.494 e. The minimum absolute atomic E-state index is 0.0456. The number of anilines is 2. The predicted octanol–water partition coefficient (Wildman–Crippen LogP) is 6.65. The molecule has 12 nitrogen and oxygen atoms in total. The maximum atomic E-state index is 14.8. The molecule has 4 aromatic carbocycles. The number of methoxy groups -OCH3 is 2. The lowest BCUT2D eigenvalue weighted by Crippen LogP contribution is -2.34. The molecular formula is C40H42F6I2N2O10S2. The van der Waals surface area contributed by atoms with Crippen molar-refractivity contribution in [1.82, 2.24) is 0 Å². The number of ether oxygens (including phenoxy) is 2. The van der Waals surface area contributed by atoms with E-state index in [1.54, 1.807) is 12.1 Å². The second-order valence-corrected chi connectivity index (χ2v) is 21.6. The Morgan fingerprint density at radius 2 is 0.952 bits per heavy atom. The van der Waals surface area contributed by atoms with E-state index < -0.39 is 114 Å². The summed E-state index contributed by atoms with van der Waals surface area (Å²) in [6, 6.07) is 9.87. The van der Waals surface area contributed by atoms with Crippen LogP contribution in [0.2, 0.25) is 0 Å². The number of benzene rings is 4. The van der Waals surface area contributed by atoms with E-state index in [9.17, 15) is 53.4 Å². The van der Waals surface area contributed by atoms with Crippen molar-refractivity contribution in [3.8, 4) is 11.5 Å². The molecule has 0 saturated heterocycles. The van der Waals surface area contributed by atoms with Crippen LogP contribution in [0.15, 0.2) is 48.5 Å². The van der Waals surface area contributed by atoms with Gasteiger partial charge in [-0.25, -0.2) is 43.2 Å². The molecule has 2 fully saturated rings. The number of nitrogens with one attached hydrogen (secondary N) is 2. The molecule has 340 valence electrons. The smallest absolute Gasteiger partial charge is 0.238 e. The van der Waals surface area contributed by atoms with Crippen LogP contribution in [0, 0.1) is 42.0 Å². The third kappa shape index (κ3) is 11.0. The Bertz CT molecular complexity index is 2360. The highest BCUT2D eigenvalue weighted by atomic mass is 127. The summed E-state index contributed by atoms with van der Waals surface area (Å²) in [7, 11) is -6.03. The van der Waals surface area contributed by atoms with Crippen LogP contribution < -0.4 is 18.9 Å². The maximum absolute atomic E-state index is 14.8. The molecule has 0 radical (unpaired) electrons. The minimum Gasteiger partial charge on any atom is -0.494 e. The van der Waals surface area contributed by atoms with Crippen LogP contribution in [-0.4, -0.2) is 86.4 Å².